The predicted molar refractivity (Wildman–Crippen MR) is 94.8 cm³/mol. The van der Waals surface area contributed by atoms with E-state index in [-0.39, 0.29) is 0 Å². The van der Waals surface area contributed by atoms with Crippen LogP contribution in [0.3, 0.4) is 0 Å². The van der Waals surface area contributed by atoms with E-state index in [1.54, 1.807) is 0 Å². The summed E-state index contributed by atoms with van der Waals surface area (Å²) in [6.45, 7) is 4.17. The average Bonchev–Trinajstić information content (AvgIpc) is 2.98. The highest BCUT2D eigenvalue weighted by molar-refractivity contribution is 7.99. The summed E-state index contributed by atoms with van der Waals surface area (Å²) in [7, 11) is 0. The quantitative estimate of drug-likeness (QED) is 0.650. The molecule has 0 unspecified atom stereocenters. The molecule has 0 bridgehead atoms. The minimum Gasteiger partial charge on any atom is -0.287 e. The first-order chi connectivity index (χ1) is 11.2. The average molecular weight is 319 g/mol. The molecule has 0 spiro atoms. The number of hydrogen-bond acceptors (Lipinski definition) is 3. The smallest absolute Gasteiger partial charge is 0.174 e. The molecular formula is C19H17N3S. The van der Waals surface area contributed by atoms with Crippen LogP contribution in [0.5, 0.6) is 0 Å². The summed E-state index contributed by atoms with van der Waals surface area (Å²) in [6, 6.07) is 18.8. The number of aryl methyl sites for hydroxylation is 2. The van der Waals surface area contributed by atoms with Gasteiger partial charge in [0.1, 0.15) is 0 Å². The minimum atomic E-state index is 0.385. The maximum absolute atomic E-state index is 8.89. The van der Waals surface area contributed by atoms with Crippen LogP contribution in [0.4, 0.5) is 0 Å². The number of aromatic nitrogens is 2. The summed E-state index contributed by atoms with van der Waals surface area (Å²) in [5.41, 5.74) is 5.67. The van der Waals surface area contributed by atoms with Gasteiger partial charge in [-0.2, -0.15) is 5.26 Å². The lowest BCUT2D eigenvalue weighted by Gasteiger charge is -2.14. The molecule has 4 heteroatoms. The number of para-hydroxylation sites is 1. The zero-order chi connectivity index (χ0) is 16.2. The summed E-state index contributed by atoms with van der Waals surface area (Å²) in [4.78, 5) is 4.54. The summed E-state index contributed by atoms with van der Waals surface area (Å²) >= 11 is 1.46. The molecule has 0 aliphatic rings. The molecule has 0 saturated carbocycles. The molecule has 114 valence electrons. The summed E-state index contributed by atoms with van der Waals surface area (Å²) in [5, 5.41) is 9.73. The molecule has 0 aliphatic carbocycles. The highest BCUT2D eigenvalue weighted by Gasteiger charge is 2.15. The topological polar surface area (TPSA) is 41.6 Å². The van der Waals surface area contributed by atoms with Crippen LogP contribution in [0, 0.1) is 25.2 Å². The maximum Gasteiger partial charge on any atom is 0.174 e. The third-order valence-corrected chi connectivity index (χ3v) is 4.52. The van der Waals surface area contributed by atoms with Crippen molar-refractivity contribution in [3.63, 3.8) is 0 Å². The Balaban J connectivity index is 2.17. The van der Waals surface area contributed by atoms with Gasteiger partial charge in [0, 0.05) is 5.56 Å². The van der Waals surface area contributed by atoms with Crippen LogP contribution in [-0.2, 0) is 0 Å². The molecule has 2 aromatic carbocycles. The molecule has 23 heavy (non-hydrogen) atoms. The van der Waals surface area contributed by atoms with Crippen LogP contribution < -0.4 is 0 Å². The van der Waals surface area contributed by atoms with E-state index in [2.05, 4.69) is 65.9 Å². The first kappa shape index (κ1) is 15.4. The van der Waals surface area contributed by atoms with Gasteiger partial charge >= 0.3 is 0 Å². The molecule has 1 heterocycles. The zero-order valence-corrected chi connectivity index (χ0v) is 14.0. The largest absolute Gasteiger partial charge is 0.287 e. The second-order valence-electron chi connectivity index (χ2n) is 5.36. The van der Waals surface area contributed by atoms with E-state index in [4.69, 9.17) is 5.26 Å². The van der Waals surface area contributed by atoms with Crippen molar-refractivity contribution < 1.29 is 0 Å². The van der Waals surface area contributed by atoms with E-state index in [1.807, 2.05) is 18.3 Å². The molecule has 1 aromatic heterocycles. The number of imidazole rings is 1. The van der Waals surface area contributed by atoms with Gasteiger partial charge < -0.3 is 0 Å². The van der Waals surface area contributed by atoms with Crippen molar-refractivity contribution in [2.24, 2.45) is 0 Å². The lowest BCUT2D eigenvalue weighted by atomic mass is 10.1. The normalized spacial score (nSPS) is 10.5. The summed E-state index contributed by atoms with van der Waals surface area (Å²) in [5.74, 6) is 0.385. The van der Waals surface area contributed by atoms with Gasteiger partial charge in [-0.05, 0) is 25.5 Å². The number of nitriles is 1. The molecule has 3 rings (SSSR count). The van der Waals surface area contributed by atoms with Crippen LogP contribution in [0.1, 0.15) is 11.1 Å². The number of nitrogens with zero attached hydrogens (tertiary/aromatic N) is 3. The van der Waals surface area contributed by atoms with Crippen LogP contribution in [-0.4, -0.2) is 15.3 Å². The minimum absolute atomic E-state index is 0.385. The van der Waals surface area contributed by atoms with E-state index < -0.39 is 0 Å². The van der Waals surface area contributed by atoms with Crippen LogP contribution in [0.25, 0.3) is 16.9 Å². The Kier molecular flexibility index (Phi) is 4.50. The molecule has 0 atom stereocenters. The van der Waals surface area contributed by atoms with E-state index in [9.17, 15) is 0 Å². The van der Waals surface area contributed by atoms with Crippen molar-refractivity contribution in [3.8, 4) is 23.0 Å². The monoisotopic (exact) mass is 319 g/mol. The number of benzene rings is 2. The molecular weight excluding hydrogens is 302 g/mol. The molecule has 3 nitrogen and oxygen atoms in total. The van der Waals surface area contributed by atoms with Crippen molar-refractivity contribution >= 4 is 11.8 Å². The van der Waals surface area contributed by atoms with Gasteiger partial charge in [0.15, 0.2) is 5.16 Å². The molecule has 3 aromatic rings. The SMILES string of the molecule is Cc1ccc(-c2cnc(SCC#N)n2-c2ccccc2C)cc1. The van der Waals surface area contributed by atoms with Gasteiger partial charge in [0.2, 0.25) is 0 Å². The molecule has 0 fully saturated rings. The van der Waals surface area contributed by atoms with Crippen molar-refractivity contribution in [1.82, 2.24) is 9.55 Å². The third-order valence-electron chi connectivity index (χ3n) is 3.70. The number of thioether (sulfide) groups is 1. The standard InChI is InChI=1S/C19H17N3S/c1-14-7-9-16(10-8-14)18-13-21-19(23-12-11-20)22(18)17-6-4-3-5-15(17)2/h3-10,13H,12H2,1-2H3. The lowest BCUT2D eigenvalue weighted by molar-refractivity contribution is 0.894. The van der Waals surface area contributed by atoms with E-state index in [1.165, 1.54) is 22.9 Å². The Morgan fingerprint density at radius 1 is 1.09 bits per heavy atom. The summed E-state index contributed by atoms with van der Waals surface area (Å²) < 4.78 is 2.14. The fraction of sp³-hybridized carbons (Fsp3) is 0.158. The van der Waals surface area contributed by atoms with E-state index in [0.29, 0.717) is 5.75 Å². The van der Waals surface area contributed by atoms with Gasteiger partial charge in [0.25, 0.3) is 0 Å². The number of rotatable bonds is 4. The lowest BCUT2D eigenvalue weighted by Crippen LogP contribution is -2.01. The number of hydrogen-bond donors (Lipinski definition) is 0. The Hall–Kier alpha value is -2.51. The zero-order valence-electron chi connectivity index (χ0n) is 13.2. The predicted octanol–water partition coefficient (Wildman–Crippen LogP) is 4.77. The Morgan fingerprint density at radius 3 is 2.52 bits per heavy atom. The van der Waals surface area contributed by atoms with Gasteiger partial charge in [-0.1, -0.05) is 59.8 Å². The third kappa shape index (κ3) is 3.15. The van der Waals surface area contributed by atoms with Crippen LogP contribution >= 0.6 is 11.8 Å². The van der Waals surface area contributed by atoms with Crippen molar-refractivity contribution in [2.45, 2.75) is 19.0 Å². The fourth-order valence-electron chi connectivity index (χ4n) is 2.51. The molecule has 0 aliphatic heterocycles. The van der Waals surface area contributed by atoms with Crippen molar-refractivity contribution in [1.29, 1.82) is 5.26 Å². The second kappa shape index (κ2) is 6.72. The highest BCUT2D eigenvalue weighted by Crippen LogP contribution is 2.31. The summed E-state index contributed by atoms with van der Waals surface area (Å²) in [6.07, 6.45) is 1.89. The molecule has 0 amide bonds. The van der Waals surface area contributed by atoms with Crippen molar-refractivity contribution in [3.05, 3.63) is 65.9 Å². The Morgan fingerprint density at radius 2 is 1.83 bits per heavy atom. The Labute approximate surface area is 140 Å². The van der Waals surface area contributed by atoms with E-state index in [0.717, 1.165) is 22.1 Å². The second-order valence-corrected chi connectivity index (χ2v) is 6.30. The molecule has 0 radical (unpaired) electrons. The Bertz CT molecular complexity index is 857. The first-order valence-electron chi connectivity index (χ1n) is 7.41. The molecule has 0 N–H and O–H groups in total. The highest BCUT2D eigenvalue weighted by atomic mass is 32.2. The van der Waals surface area contributed by atoms with Gasteiger partial charge in [0.05, 0.1) is 29.4 Å². The fourth-order valence-corrected chi connectivity index (χ4v) is 3.16. The van der Waals surface area contributed by atoms with Crippen molar-refractivity contribution in [2.75, 3.05) is 5.75 Å². The van der Waals surface area contributed by atoms with Gasteiger partial charge in [-0.3, -0.25) is 4.57 Å². The maximum atomic E-state index is 8.89. The molecule has 0 saturated heterocycles. The van der Waals surface area contributed by atoms with Crippen LogP contribution in [0.15, 0.2) is 59.9 Å². The van der Waals surface area contributed by atoms with E-state index >= 15 is 0 Å². The van der Waals surface area contributed by atoms with Gasteiger partial charge in [-0.25, -0.2) is 4.98 Å². The van der Waals surface area contributed by atoms with Gasteiger partial charge in [-0.15, -0.1) is 0 Å². The first-order valence-corrected chi connectivity index (χ1v) is 8.40. The van der Waals surface area contributed by atoms with Crippen LogP contribution in [0.2, 0.25) is 0 Å².